The molecule has 1 aromatic rings. The van der Waals surface area contributed by atoms with Crippen molar-refractivity contribution in [3.8, 4) is 0 Å². The van der Waals surface area contributed by atoms with Crippen LogP contribution in [0.25, 0.3) is 0 Å². The van der Waals surface area contributed by atoms with E-state index in [1.165, 1.54) is 12.0 Å². The number of halogens is 4. The Morgan fingerprint density at radius 3 is 2.38 bits per heavy atom. The molecule has 1 saturated heterocycles. The summed E-state index contributed by atoms with van der Waals surface area (Å²) in [5, 5.41) is 4.21. The molecule has 1 N–H and O–H groups in total. The number of hydrogen-bond acceptors (Lipinski definition) is 2. The summed E-state index contributed by atoms with van der Waals surface area (Å²) in [5.74, 6) is 0.689. The fraction of sp³-hybridized carbons (Fsp3) is 0.600. The van der Waals surface area contributed by atoms with Crippen LogP contribution in [0.3, 0.4) is 0 Å². The first-order valence-corrected chi connectivity index (χ1v) is 8.14. The zero-order valence-electron chi connectivity index (χ0n) is 12.4. The highest BCUT2D eigenvalue weighted by Crippen LogP contribution is 2.32. The van der Waals surface area contributed by atoms with Crippen LogP contribution >= 0.6 is 52.3 Å². The number of rotatable bonds is 4. The minimum absolute atomic E-state index is 0. The van der Waals surface area contributed by atoms with Gasteiger partial charge in [0.1, 0.15) is 0 Å². The van der Waals surface area contributed by atoms with Crippen molar-refractivity contribution in [2.45, 2.75) is 26.3 Å². The lowest BCUT2D eigenvalue weighted by Gasteiger charge is -2.36. The Bertz CT molecular complexity index is 423. The Kier molecular flexibility index (Phi) is 10.5. The average molecular weight is 419 g/mol. The number of benzene rings is 1. The lowest BCUT2D eigenvalue weighted by atomic mass is 9.95. The number of piperazine rings is 1. The van der Waals surface area contributed by atoms with Crippen LogP contribution in [0, 0.1) is 5.92 Å². The molecule has 6 heteroatoms. The van der Waals surface area contributed by atoms with Crippen molar-refractivity contribution in [1.29, 1.82) is 0 Å². The summed E-state index contributed by atoms with van der Waals surface area (Å²) in [6.07, 6.45) is 1.19. The van der Waals surface area contributed by atoms with E-state index < -0.39 is 0 Å². The monoisotopic (exact) mass is 416 g/mol. The van der Waals surface area contributed by atoms with Gasteiger partial charge < -0.3 is 5.32 Å². The second kappa shape index (κ2) is 10.3. The van der Waals surface area contributed by atoms with Gasteiger partial charge in [0.2, 0.25) is 0 Å². The summed E-state index contributed by atoms with van der Waals surface area (Å²) >= 11 is 9.65. The van der Waals surface area contributed by atoms with Gasteiger partial charge >= 0.3 is 0 Å². The van der Waals surface area contributed by atoms with Crippen LogP contribution in [0.4, 0.5) is 0 Å². The van der Waals surface area contributed by atoms with E-state index in [0.29, 0.717) is 12.0 Å². The molecular weight excluding hydrogens is 394 g/mol. The van der Waals surface area contributed by atoms with Gasteiger partial charge in [0.05, 0.1) is 5.02 Å². The molecule has 1 aliphatic heterocycles. The van der Waals surface area contributed by atoms with Crippen molar-refractivity contribution in [3.05, 3.63) is 33.3 Å². The lowest BCUT2D eigenvalue weighted by molar-refractivity contribution is 0.154. The van der Waals surface area contributed by atoms with Crippen LogP contribution in [0.15, 0.2) is 22.7 Å². The Labute approximate surface area is 153 Å². The summed E-state index contributed by atoms with van der Waals surface area (Å²) in [6, 6.07) is 6.84. The number of nitrogens with zero attached hydrogens (tertiary/aromatic N) is 1. The standard InChI is InChI=1S/C15H22BrClN2.2ClH/c1-11(2)9-15(19-7-5-18-6-8-19)12-3-4-14(17)13(16)10-12;;/h3-4,10-11,15,18H,5-9H2,1-2H3;2*1H/t15-;;/m1../s1. The van der Waals surface area contributed by atoms with Gasteiger partial charge in [-0.3, -0.25) is 4.90 Å². The molecule has 1 aromatic carbocycles. The van der Waals surface area contributed by atoms with Crippen molar-refractivity contribution in [1.82, 2.24) is 10.2 Å². The fourth-order valence-corrected chi connectivity index (χ4v) is 3.17. The normalized spacial score (nSPS) is 17.0. The molecule has 0 saturated carbocycles. The van der Waals surface area contributed by atoms with Gasteiger partial charge in [-0.1, -0.05) is 31.5 Å². The molecule has 1 atom stereocenters. The quantitative estimate of drug-likeness (QED) is 0.745. The van der Waals surface area contributed by atoms with Gasteiger partial charge in [0.25, 0.3) is 0 Å². The van der Waals surface area contributed by atoms with Crippen molar-refractivity contribution >= 4 is 52.3 Å². The van der Waals surface area contributed by atoms with Crippen LogP contribution in [-0.2, 0) is 0 Å². The van der Waals surface area contributed by atoms with E-state index in [2.05, 4.69) is 52.1 Å². The maximum atomic E-state index is 6.11. The Morgan fingerprint density at radius 2 is 1.86 bits per heavy atom. The largest absolute Gasteiger partial charge is 0.314 e. The predicted octanol–water partition coefficient (Wildman–Crippen LogP) is 4.94. The van der Waals surface area contributed by atoms with Crippen molar-refractivity contribution < 1.29 is 0 Å². The van der Waals surface area contributed by atoms with Crippen molar-refractivity contribution in [2.75, 3.05) is 26.2 Å². The molecule has 0 bridgehead atoms. The van der Waals surface area contributed by atoms with Gasteiger partial charge in [0, 0.05) is 36.7 Å². The Balaban J connectivity index is 0.00000200. The third-order valence-electron chi connectivity index (χ3n) is 3.62. The van der Waals surface area contributed by atoms with E-state index in [1.807, 2.05) is 6.07 Å². The van der Waals surface area contributed by atoms with E-state index in [-0.39, 0.29) is 24.8 Å². The van der Waals surface area contributed by atoms with Crippen LogP contribution in [0.1, 0.15) is 31.9 Å². The predicted molar refractivity (Wildman–Crippen MR) is 100 cm³/mol. The van der Waals surface area contributed by atoms with E-state index in [4.69, 9.17) is 11.6 Å². The molecule has 2 nitrogen and oxygen atoms in total. The SMILES string of the molecule is CC(C)C[C@H](c1ccc(Cl)c(Br)c1)N1CCNCC1.Cl.Cl. The highest BCUT2D eigenvalue weighted by Gasteiger charge is 2.23. The number of nitrogens with one attached hydrogen (secondary N) is 1. The fourth-order valence-electron chi connectivity index (χ4n) is 2.66. The zero-order chi connectivity index (χ0) is 13.8. The Hall–Kier alpha value is 0.490. The minimum Gasteiger partial charge on any atom is -0.314 e. The third-order valence-corrected chi connectivity index (χ3v) is 4.83. The van der Waals surface area contributed by atoms with E-state index in [0.717, 1.165) is 35.7 Å². The van der Waals surface area contributed by atoms with E-state index >= 15 is 0 Å². The van der Waals surface area contributed by atoms with Gasteiger partial charge in [0.15, 0.2) is 0 Å². The highest BCUT2D eigenvalue weighted by atomic mass is 79.9. The molecular formula is C15H24BrCl3N2. The maximum absolute atomic E-state index is 6.11. The Morgan fingerprint density at radius 1 is 1.24 bits per heavy atom. The van der Waals surface area contributed by atoms with Gasteiger partial charge in [-0.2, -0.15) is 0 Å². The summed E-state index contributed by atoms with van der Waals surface area (Å²) < 4.78 is 0.996. The van der Waals surface area contributed by atoms with Gasteiger partial charge in [-0.05, 0) is 46.0 Å². The molecule has 1 heterocycles. The second-order valence-electron chi connectivity index (χ2n) is 5.60. The summed E-state index contributed by atoms with van der Waals surface area (Å²) in [4.78, 5) is 2.59. The van der Waals surface area contributed by atoms with Crippen LogP contribution < -0.4 is 5.32 Å². The first-order valence-electron chi connectivity index (χ1n) is 6.97. The summed E-state index contributed by atoms with van der Waals surface area (Å²) in [6.45, 7) is 9.00. The molecule has 0 aromatic heterocycles. The second-order valence-corrected chi connectivity index (χ2v) is 6.87. The topological polar surface area (TPSA) is 15.3 Å². The van der Waals surface area contributed by atoms with Crippen LogP contribution in [0.2, 0.25) is 5.02 Å². The minimum atomic E-state index is 0. The van der Waals surface area contributed by atoms with Crippen LogP contribution in [0.5, 0.6) is 0 Å². The molecule has 1 fully saturated rings. The first kappa shape index (κ1) is 21.5. The highest BCUT2D eigenvalue weighted by molar-refractivity contribution is 9.10. The van der Waals surface area contributed by atoms with Crippen molar-refractivity contribution in [3.63, 3.8) is 0 Å². The summed E-state index contributed by atoms with van der Waals surface area (Å²) in [5.41, 5.74) is 1.37. The molecule has 0 radical (unpaired) electrons. The number of hydrogen-bond donors (Lipinski definition) is 1. The van der Waals surface area contributed by atoms with Crippen LogP contribution in [-0.4, -0.2) is 31.1 Å². The molecule has 0 amide bonds. The molecule has 0 spiro atoms. The van der Waals surface area contributed by atoms with Gasteiger partial charge in [-0.15, -0.1) is 24.8 Å². The van der Waals surface area contributed by atoms with Gasteiger partial charge in [-0.25, -0.2) is 0 Å². The molecule has 1 aliphatic rings. The lowest BCUT2D eigenvalue weighted by Crippen LogP contribution is -2.45. The zero-order valence-corrected chi connectivity index (χ0v) is 16.4. The molecule has 122 valence electrons. The maximum Gasteiger partial charge on any atom is 0.0548 e. The van der Waals surface area contributed by atoms with E-state index in [9.17, 15) is 0 Å². The van der Waals surface area contributed by atoms with Crippen molar-refractivity contribution in [2.24, 2.45) is 5.92 Å². The molecule has 0 aliphatic carbocycles. The third kappa shape index (κ3) is 6.25. The first-order chi connectivity index (χ1) is 9.08. The smallest absolute Gasteiger partial charge is 0.0548 e. The summed E-state index contributed by atoms with van der Waals surface area (Å²) in [7, 11) is 0. The average Bonchev–Trinajstić information content (AvgIpc) is 2.40. The molecule has 21 heavy (non-hydrogen) atoms. The van der Waals surface area contributed by atoms with E-state index in [1.54, 1.807) is 0 Å². The molecule has 0 unspecified atom stereocenters. The molecule has 2 rings (SSSR count).